The molecule has 0 saturated carbocycles. The second kappa shape index (κ2) is 16.3. The molecule has 0 saturated heterocycles. The highest BCUT2D eigenvalue weighted by Crippen LogP contribution is 2.23. The van der Waals surface area contributed by atoms with Crippen molar-refractivity contribution in [2.45, 2.75) is 6.42 Å². The first-order chi connectivity index (χ1) is 24.4. The number of nitrogens with zero attached hydrogens (tertiary/aromatic N) is 3. The van der Waals surface area contributed by atoms with E-state index in [0.717, 1.165) is 5.69 Å². The molecule has 0 atom stereocenters. The van der Waals surface area contributed by atoms with Crippen LogP contribution >= 0.6 is 23.2 Å². The lowest BCUT2D eigenvalue weighted by molar-refractivity contribution is 0.0944. The maximum Gasteiger partial charge on any atom is 0.272 e. The number of aryl methyl sites for hydroxylation is 2. The Balaban J connectivity index is 1.20. The van der Waals surface area contributed by atoms with Crippen LogP contribution in [0, 0.1) is 5.41 Å². The molecule has 0 aliphatic rings. The molecule has 266 valence electrons. The summed E-state index contributed by atoms with van der Waals surface area (Å²) in [6, 6.07) is 17.3. The summed E-state index contributed by atoms with van der Waals surface area (Å²) >= 11 is 11.8. The van der Waals surface area contributed by atoms with Crippen molar-refractivity contribution in [2.24, 2.45) is 19.8 Å². The first-order valence-electron chi connectivity index (χ1n) is 15.9. The molecule has 5 aromatic rings. The molecule has 3 aromatic heterocycles. The topological polar surface area (TPSA) is 195 Å². The summed E-state index contributed by atoms with van der Waals surface area (Å²) in [6.07, 6.45) is 3.45. The number of fused-ring (bicyclic) bond motifs is 1. The number of carbonyl (C=O) groups excluding carboxylic acids is 4. The third-order valence-corrected chi connectivity index (χ3v) is 8.34. The summed E-state index contributed by atoms with van der Waals surface area (Å²) in [5, 5.41) is 19.2. The maximum atomic E-state index is 13.2. The number of amides is 4. The van der Waals surface area contributed by atoms with Gasteiger partial charge < -0.3 is 46.0 Å². The second-order valence-electron chi connectivity index (χ2n) is 11.7. The van der Waals surface area contributed by atoms with Crippen molar-refractivity contribution in [2.75, 3.05) is 52.2 Å². The number of aromatic amines is 1. The van der Waals surface area contributed by atoms with E-state index in [4.69, 9.17) is 34.3 Å². The highest BCUT2D eigenvalue weighted by molar-refractivity contribution is 6.18. The van der Waals surface area contributed by atoms with Gasteiger partial charge in [0.1, 0.15) is 17.1 Å². The molecule has 0 aliphatic carbocycles. The number of rotatable bonds is 15. The average molecular weight is 734 g/mol. The zero-order valence-corrected chi connectivity index (χ0v) is 29.5. The zero-order valence-electron chi connectivity index (χ0n) is 28.0. The summed E-state index contributed by atoms with van der Waals surface area (Å²) in [6.45, 7) is 1.51. The van der Waals surface area contributed by atoms with E-state index in [9.17, 15) is 19.2 Å². The smallest absolute Gasteiger partial charge is 0.272 e. The van der Waals surface area contributed by atoms with Crippen molar-refractivity contribution >= 4 is 86.3 Å². The lowest BCUT2D eigenvalue weighted by atomic mass is 10.1. The van der Waals surface area contributed by atoms with Gasteiger partial charge in [-0.2, -0.15) is 0 Å². The number of benzene rings is 2. The van der Waals surface area contributed by atoms with Crippen LogP contribution in [0.2, 0.25) is 0 Å². The molecule has 14 nitrogen and oxygen atoms in total. The molecular weight excluding hydrogens is 695 g/mol. The number of aromatic nitrogens is 3. The fraction of sp³-hybridized carbons (Fsp3) is 0.229. The molecule has 0 fully saturated rings. The van der Waals surface area contributed by atoms with Crippen molar-refractivity contribution in [1.29, 1.82) is 5.41 Å². The molecule has 51 heavy (non-hydrogen) atoms. The summed E-state index contributed by atoms with van der Waals surface area (Å²) in [4.78, 5) is 56.9. The fourth-order valence-corrected chi connectivity index (χ4v) is 5.85. The highest BCUT2D eigenvalue weighted by atomic mass is 35.5. The normalized spacial score (nSPS) is 10.9. The first kappa shape index (κ1) is 36.5. The predicted molar refractivity (Wildman–Crippen MR) is 202 cm³/mol. The van der Waals surface area contributed by atoms with Gasteiger partial charge in [-0.05, 0) is 60.7 Å². The van der Waals surface area contributed by atoms with E-state index in [1.807, 2.05) is 12.1 Å². The minimum Gasteiger partial charge on any atom is -0.388 e. The number of H-pyrrole nitrogens is 1. The Labute approximate surface area is 303 Å². The lowest BCUT2D eigenvalue weighted by Gasteiger charge is -2.22. The molecule has 3 heterocycles. The Morgan fingerprint density at radius 1 is 0.765 bits per heavy atom. The van der Waals surface area contributed by atoms with Gasteiger partial charge in [0, 0.05) is 92.1 Å². The molecule has 0 spiro atoms. The Morgan fingerprint density at radius 3 is 1.96 bits per heavy atom. The van der Waals surface area contributed by atoms with Crippen molar-refractivity contribution in [3.05, 3.63) is 95.7 Å². The predicted octanol–water partition coefficient (Wildman–Crippen LogP) is 4.94. The molecule has 0 radical (unpaired) electrons. The third kappa shape index (κ3) is 9.09. The number of alkyl halides is 2. The van der Waals surface area contributed by atoms with Gasteiger partial charge in [0.15, 0.2) is 0 Å². The minimum atomic E-state index is -0.442. The van der Waals surface area contributed by atoms with Crippen LogP contribution in [0.5, 0.6) is 0 Å². The van der Waals surface area contributed by atoms with Crippen LogP contribution in [-0.2, 0) is 14.1 Å². The Morgan fingerprint density at radius 2 is 1.35 bits per heavy atom. The third-order valence-electron chi connectivity index (χ3n) is 8.00. The van der Waals surface area contributed by atoms with Crippen molar-refractivity contribution in [3.8, 4) is 0 Å². The van der Waals surface area contributed by atoms with Gasteiger partial charge in [0.25, 0.3) is 23.6 Å². The maximum absolute atomic E-state index is 13.2. The largest absolute Gasteiger partial charge is 0.388 e. The number of nitrogens with one attached hydrogen (secondary N) is 6. The van der Waals surface area contributed by atoms with Gasteiger partial charge >= 0.3 is 0 Å². The van der Waals surface area contributed by atoms with Gasteiger partial charge in [0.05, 0.1) is 17.2 Å². The number of hydrogen-bond acceptors (Lipinski definition) is 6. The SMILES string of the molecule is Cn1cc(NC(=O)c2cc(NC(=O)c3cc4cc(NC(=O)c5ccc(N(CCCl)CCCl)cc5)ccc4[nH]3)cn2C)cc1C(=O)NCCC(=N)N. The highest BCUT2D eigenvalue weighted by Gasteiger charge is 2.18. The molecule has 5 rings (SSSR count). The van der Waals surface area contributed by atoms with Crippen LogP contribution in [0.25, 0.3) is 10.9 Å². The van der Waals surface area contributed by atoms with E-state index < -0.39 is 11.8 Å². The van der Waals surface area contributed by atoms with Crippen LogP contribution < -0.4 is 31.9 Å². The van der Waals surface area contributed by atoms with E-state index in [1.165, 1.54) is 0 Å². The van der Waals surface area contributed by atoms with E-state index in [2.05, 4.69) is 31.2 Å². The molecule has 0 bridgehead atoms. The second-order valence-corrected chi connectivity index (χ2v) is 12.5. The summed E-state index contributed by atoms with van der Waals surface area (Å²) in [7, 11) is 3.35. The summed E-state index contributed by atoms with van der Waals surface area (Å²) < 4.78 is 3.15. The molecule has 0 aliphatic heterocycles. The van der Waals surface area contributed by atoms with Gasteiger partial charge in [-0.1, -0.05) is 0 Å². The van der Waals surface area contributed by atoms with E-state index >= 15 is 0 Å². The first-order valence-corrected chi connectivity index (χ1v) is 17.0. The molecule has 2 aromatic carbocycles. The fourth-order valence-electron chi connectivity index (χ4n) is 5.45. The number of halogens is 2. The molecule has 8 N–H and O–H groups in total. The van der Waals surface area contributed by atoms with Crippen molar-refractivity contribution in [3.63, 3.8) is 0 Å². The van der Waals surface area contributed by atoms with Gasteiger partial charge in [-0.25, -0.2) is 0 Å². The number of anilines is 4. The van der Waals surface area contributed by atoms with E-state index in [0.29, 0.717) is 64.1 Å². The number of amidine groups is 1. The minimum absolute atomic E-state index is 0.0281. The molecule has 0 unspecified atom stereocenters. The number of hydrogen-bond donors (Lipinski definition) is 7. The van der Waals surface area contributed by atoms with Crippen LogP contribution in [0.3, 0.4) is 0 Å². The Bertz CT molecular complexity index is 2080. The Kier molecular flexibility index (Phi) is 11.7. The molecule has 4 amide bonds. The van der Waals surface area contributed by atoms with E-state index in [1.54, 1.807) is 84.2 Å². The van der Waals surface area contributed by atoms with Gasteiger partial charge in [0.2, 0.25) is 0 Å². The average Bonchev–Trinajstić information content (AvgIpc) is 3.80. The Hall–Kier alpha value is -5.73. The number of carbonyl (C=O) groups is 4. The van der Waals surface area contributed by atoms with E-state index in [-0.39, 0.29) is 42.0 Å². The standard InChI is InChI=1S/C35H38Cl2N10O4/c1-45-20-25(17-29(45)34(50)40-12-9-31(38)39)43-35(51)30-18-24(19-46(30)2)42-33(49)28-16-22-15-23(5-8-27(22)44-28)41-32(48)21-3-6-26(7-4-21)47(13-10-36)14-11-37/h3-8,15-20,44H,9-14H2,1-2H3,(H3,38,39)(H,40,50)(H,41,48)(H,42,49)(H,43,51). The molecule has 16 heteroatoms. The van der Waals surface area contributed by atoms with Crippen LogP contribution in [-0.4, -0.2) is 75.0 Å². The molecular formula is C35H38Cl2N10O4. The van der Waals surface area contributed by atoms with Gasteiger partial charge in [-0.3, -0.25) is 24.6 Å². The number of nitrogens with two attached hydrogens (primary N) is 1. The quantitative estimate of drug-likeness (QED) is 0.0452. The zero-order chi connectivity index (χ0) is 36.7. The van der Waals surface area contributed by atoms with Gasteiger partial charge in [-0.15, -0.1) is 23.2 Å². The van der Waals surface area contributed by atoms with Crippen molar-refractivity contribution < 1.29 is 19.2 Å². The van der Waals surface area contributed by atoms with Crippen LogP contribution in [0.1, 0.15) is 48.2 Å². The summed E-state index contributed by atoms with van der Waals surface area (Å²) in [5.74, 6) is -0.611. The monoisotopic (exact) mass is 732 g/mol. The van der Waals surface area contributed by atoms with Crippen LogP contribution in [0.15, 0.2) is 73.1 Å². The summed E-state index contributed by atoms with van der Waals surface area (Å²) in [5.41, 5.74) is 9.70. The van der Waals surface area contributed by atoms with Crippen molar-refractivity contribution in [1.82, 2.24) is 19.4 Å². The van der Waals surface area contributed by atoms with Crippen LogP contribution in [0.4, 0.5) is 22.7 Å². The lowest BCUT2D eigenvalue weighted by Crippen LogP contribution is -2.28.